The van der Waals surface area contributed by atoms with E-state index in [1.54, 1.807) is 7.11 Å². The first-order valence-corrected chi connectivity index (χ1v) is 6.96. The van der Waals surface area contributed by atoms with E-state index in [4.69, 9.17) is 9.47 Å². The van der Waals surface area contributed by atoms with Gasteiger partial charge in [0.1, 0.15) is 18.5 Å². The Hall–Kier alpha value is -1.10. The molecule has 0 amide bonds. The van der Waals surface area contributed by atoms with E-state index in [-0.39, 0.29) is 18.8 Å². The van der Waals surface area contributed by atoms with Crippen LogP contribution in [0.25, 0.3) is 0 Å². The van der Waals surface area contributed by atoms with Crippen molar-refractivity contribution in [2.45, 2.75) is 45.9 Å². The van der Waals surface area contributed by atoms with E-state index < -0.39 is 6.10 Å². The Morgan fingerprint density at radius 2 is 1.95 bits per heavy atom. The van der Waals surface area contributed by atoms with Gasteiger partial charge in [0, 0.05) is 24.8 Å². The summed E-state index contributed by atoms with van der Waals surface area (Å²) in [6, 6.07) is 6.07. The molecule has 1 unspecified atom stereocenters. The molecule has 2 N–H and O–H groups in total. The van der Waals surface area contributed by atoms with Crippen LogP contribution in [0, 0.1) is 6.92 Å². The quantitative estimate of drug-likeness (QED) is 0.805. The van der Waals surface area contributed by atoms with Crippen LogP contribution < -0.4 is 10.1 Å². The lowest BCUT2D eigenvalue weighted by molar-refractivity contribution is 0.0323. The Kier molecular flexibility index (Phi) is 6.46. The Labute approximate surface area is 122 Å². The van der Waals surface area contributed by atoms with Crippen LogP contribution >= 0.6 is 0 Å². The van der Waals surface area contributed by atoms with Crippen LogP contribution in [0.1, 0.15) is 31.9 Å². The van der Waals surface area contributed by atoms with Crippen LogP contribution in [-0.2, 0) is 11.3 Å². The van der Waals surface area contributed by atoms with E-state index in [1.165, 1.54) is 5.56 Å². The summed E-state index contributed by atoms with van der Waals surface area (Å²) in [5, 5.41) is 13.1. The Balaban J connectivity index is 2.69. The molecule has 0 aliphatic rings. The summed E-state index contributed by atoms with van der Waals surface area (Å²) in [4.78, 5) is 0. The van der Waals surface area contributed by atoms with Gasteiger partial charge in [-0.3, -0.25) is 0 Å². The Morgan fingerprint density at radius 1 is 1.25 bits per heavy atom. The van der Waals surface area contributed by atoms with Gasteiger partial charge in [0.2, 0.25) is 0 Å². The molecule has 4 nitrogen and oxygen atoms in total. The van der Waals surface area contributed by atoms with Crippen molar-refractivity contribution < 1.29 is 14.6 Å². The molecule has 0 aliphatic carbocycles. The van der Waals surface area contributed by atoms with Gasteiger partial charge in [-0.1, -0.05) is 17.7 Å². The van der Waals surface area contributed by atoms with E-state index in [1.807, 2.05) is 12.1 Å². The second-order valence-electron chi connectivity index (χ2n) is 6.13. The van der Waals surface area contributed by atoms with Gasteiger partial charge < -0.3 is 19.9 Å². The molecule has 20 heavy (non-hydrogen) atoms. The summed E-state index contributed by atoms with van der Waals surface area (Å²) in [7, 11) is 1.56. The van der Waals surface area contributed by atoms with Crippen LogP contribution in [-0.4, -0.2) is 37.1 Å². The second kappa shape index (κ2) is 7.62. The molecular weight excluding hydrogens is 254 g/mol. The van der Waals surface area contributed by atoms with Crippen LogP contribution in [0.3, 0.4) is 0 Å². The fraction of sp³-hybridized carbons (Fsp3) is 0.625. The van der Waals surface area contributed by atoms with E-state index in [0.29, 0.717) is 0 Å². The van der Waals surface area contributed by atoms with Crippen molar-refractivity contribution in [3.05, 3.63) is 29.3 Å². The molecule has 4 heteroatoms. The largest absolute Gasteiger partial charge is 0.490 e. The summed E-state index contributed by atoms with van der Waals surface area (Å²) in [5.74, 6) is 0.808. The molecule has 1 aromatic carbocycles. The van der Waals surface area contributed by atoms with Crippen molar-refractivity contribution in [3.8, 4) is 5.75 Å². The SMILES string of the molecule is COCC(O)COc1ccc(C)cc1CNC(C)(C)C. The highest BCUT2D eigenvalue weighted by Crippen LogP contribution is 2.21. The number of benzene rings is 1. The zero-order valence-electron chi connectivity index (χ0n) is 13.2. The molecule has 0 spiro atoms. The number of hydrogen-bond acceptors (Lipinski definition) is 4. The third-order valence-electron chi connectivity index (χ3n) is 2.82. The number of methoxy groups -OCH3 is 1. The van der Waals surface area contributed by atoms with E-state index in [0.717, 1.165) is 17.9 Å². The summed E-state index contributed by atoms with van der Waals surface area (Å²) in [6.45, 7) is 9.70. The smallest absolute Gasteiger partial charge is 0.123 e. The van der Waals surface area contributed by atoms with Gasteiger partial charge in [0.25, 0.3) is 0 Å². The highest BCUT2D eigenvalue weighted by atomic mass is 16.5. The average molecular weight is 281 g/mol. The van der Waals surface area contributed by atoms with Gasteiger partial charge in [-0.15, -0.1) is 0 Å². The summed E-state index contributed by atoms with van der Waals surface area (Å²) >= 11 is 0. The highest BCUT2D eigenvalue weighted by Gasteiger charge is 2.12. The number of aryl methyl sites for hydroxylation is 1. The molecule has 1 aromatic rings. The molecule has 1 rings (SSSR count). The molecule has 0 bridgehead atoms. The average Bonchev–Trinajstić information content (AvgIpc) is 2.34. The van der Waals surface area contributed by atoms with Gasteiger partial charge in [0.05, 0.1) is 6.61 Å². The molecule has 1 atom stereocenters. The number of nitrogens with one attached hydrogen (secondary N) is 1. The van der Waals surface area contributed by atoms with Crippen molar-refractivity contribution in [1.82, 2.24) is 5.32 Å². The molecular formula is C16H27NO3. The molecule has 114 valence electrons. The highest BCUT2D eigenvalue weighted by molar-refractivity contribution is 5.37. The fourth-order valence-corrected chi connectivity index (χ4v) is 1.77. The Morgan fingerprint density at radius 3 is 2.55 bits per heavy atom. The summed E-state index contributed by atoms with van der Waals surface area (Å²) in [5.41, 5.74) is 2.35. The summed E-state index contributed by atoms with van der Waals surface area (Å²) in [6.07, 6.45) is -0.607. The molecule has 0 fully saturated rings. The Bertz CT molecular complexity index is 413. The molecule has 0 saturated carbocycles. The molecule has 0 heterocycles. The van der Waals surface area contributed by atoms with Gasteiger partial charge in [0.15, 0.2) is 0 Å². The van der Waals surface area contributed by atoms with Crippen molar-refractivity contribution in [2.75, 3.05) is 20.3 Å². The molecule has 0 saturated heterocycles. The molecule has 0 radical (unpaired) electrons. The van der Waals surface area contributed by atoms with E-state index in [9.17, 15) is 5.11 Å². The summed E-state index contributed by atoms with van der Waals surface area (Å²) < 4.78 is 10.6. The topological polar surface area (TPSA) is 50.7 Å². The van der Waals surface area contributed by atoms with Gasteiger partial charge >= 0.3 is 0 Å². The maximum atomic E-state index is 9.65. The zero-order valence-corrected chi connectivity index (χ0v) is 13.2. The maximum absolute atomic E-state index is 9.65. The monoisotopic (exact) mass is 281 g/mol. The fourth-order valence-electron chi connectivity index (χ4n) is 1.77. The predicted molar refractivity (Wildman–Crippen MR) is 81.1 cm³/mol. The second-order valence-corrected chi connectivity index (χ2v) is 6.13. The number of rotatable bonds is 7. The minimum Gasteiger partial charge on any atom is -0.490 e. The first-order chi connectivity index (χ1) is 9.31. The number of aliphatic hydroxyl groups is 1. The number of ether oxygens (including phenoxy) is 2. The maximum Gasteiger partial charge on any atom is 0.123 e. The van der Waals surface area contributed by atoms with Crippen LogP contribution in [0.5, 0.6) is 5.75 Å². The van der Waals surface area contributed by atoms with Crippen molar-refractivity contribution in [2.24, 2.45) is 0 Å². The van der Waals surface area contributed by atoms with Crippen LogP contribution in [0.2, 0.25) is 0 Å². The van der Waals surface area contributed by atoms with Crippen molar-refractivity contribution in [1.29, 1.82) is 0 Å². The van der Waals surface area contributed by atoms with Gasteiger partial charge in [-0.2, -0.15) is 0 Å². The normalized spacial score (nSPS) is 13.3. The minimum absolute atomic E-state index is 0.0522. The van der Waals surface area contributed by atoms with Gasteiger partial charge in [-0.05, 0) is 33.8 Å². The zero-order chi connectivity index (χ0) is 15.2. The number of aliphatic hydroxyl groups excluding tert-OH is 1. The standard InChI is InChI=1S/C16H27NO3/c1-12-6-7-15(20-11-14(18)10-19-5)13(8-12)9-17-16(2,3)4/h6-8,14,17-18H,9-11H2,1-5H3. The van der Waals surface area contributed by atoms with Crippen molar-refractivity contribution >= 4 is 0 Å². The lowest BCUT2D eigenvalue weighted by Crippen LogP contribution is -2.35. The third-order valence-corrected chi connectivity index (χ3v) is 2.82. The van der Waals surface area contributed by atoms with E-state index >= 15 is 0 Å². The molecule has 0 aromatic heterocycles. The number of hydrogen-bond donors (Lipinski definition) is 2. The van der Waals surface area contributed by atoms with Crippen LogP contribution in [0.15, 0.2) is 18.2 Å². The van der Waals surface area contributed by atoms with Crippen LogP contribution in [0.4, 0.5) is 0 Å². The lowest BCUT2D eigenvalue weighted by Gasteiger charge is -2.22. The van der Waals surface area contributed by atoms with Crippen molar-refractivity contribution in [3.63, 3.8) is 0 Å². The third kappa shape index (κ3) is 6.37. The van der Waals surface area contributed by atoms with Gasteiger partial charge in [-0.25, -0.2) is 0 Å². The first kappa shape index (κ1) is 17.0. The minimum atomic E-state index is -0.607. The van der Waals surface area contributed by atoms with E-state index in [2.05, 4.69) is 39.1 Å². The first-order valence-electron chi connectivity index (χ1n) is 6.96. The molecule has 0 aliphatic heterocycles. The lowest BCUT2D eigenvalue weighted by atomic mass is 10.1. The predicted octanol–water partition coefficient (Wildman–Crippen LogP) is 2.27.